The van der Waals surface area contributed by atoms with Crippen LogP contribution in [0.5, 0.6) is 0 Å². The topological polar surface area (TPSA) is 77.9 Å². The van der Waals surface area contributed by atoms with Crippen LogP contribution in [0, 0.1) is 5.92 Å². The van der Waals surface area contributed by atoms with Crippen LogP contribution in [0.15, 0.2) is 36.5 Å². The summed E-state index contributed by atoms with van der Waals surface area (Å²) in [4.78, 5) is 22.8. The maximum atomic E-state index is 14.0. The number of carbonyl (C=O) groups excluding carboxylic acids is 1. The molecule has 1 saturated carbocycles. The minimum absolute atomic E-state index is 0.00700. The number of nitrogens with zero attached hydrogens (tertiary/aromatic N) is 3. The number of anilines is 4. The molecule has 2 fully saturated rings. The Bertz CT molecular complexity index is 1060. The van der Waals surface area contributed by atoms with Gasteiger partial charge in [-0.1, -0.05) is 28.7 Å². The number of nitrogens with one attached hydrogen (secondary N) is 1. The van der Waals surface area contributed by atoms with Crippen LogP contribution < -0.4 is 15.1 Å². The molecule has 1 aromatic carbocycles. The van der Waals surface area contributed by atoms with E-state index in [-0.39, 0.29) is 36.7 Å². The Morgan fingerprint density at radius 1 is 1.26 bits per heavy atom. The lowest BCUT2D eigenvalue weighted by Crippen LogP contribution is -2.39. The monoisotopic (exact) mass is 590 g/mol. The van der Waals surface area contributed by atoms with Gasteiger partial charge in [0.05, 0.1) is 42.8 Å². The number of ether oxygens (including phenoxy) is 1. The fraction of sp³-hybridized carbons (Fsp3) is 0.556. The van der Waals surface area contributed by atoms with E-state index in [1.54, 1.807) is 6.20 Å². The van der Waals surface area contributed by atoms with Crippen LogP contribution >= 0.6 is 22.6 Å². The number of benzene rings is 1. The van der Waals surface area contributed by atoms with E-state index in [0.29, 0.717) is 10.5 Å². The van der Waals surface area contributed by atoms with Crippen molar-refractivity contribution >= 4 is 51.4 Å². The van der Waals surface area contributed by atoms with Crippen molar-refractivity contribution in [3.8, 4) is 0 Å². The Morgan fingerprint density at radius 2 is 2.06 bits per heavy atom. The molecule has 0 radical (unpaired) electrons. The van der Waals surface area contributed by atoms with Crippen molar-refractivity contribution in [2.24, 2.45) is 5.92 Å². The first-order chi connectivity index (χ1) is 16.9. The molecule has 188 valence electrons. The highest BCUT2D eigenvalue weighted by molar-refractivity contribution is 14.1. The molecule has 2 aliphatic heterocycles. The van der Waals surface area contributed by atoms with Crippen LogP contribution in [0.2, 0.25) is 0 Å². The number of amides is 1. The molecule has 1 aromatic heterocycles. The van der Waals surface area contributed by atoms with E-state index in [0.717, 1.165) is 67.1 Å². The normalized spacial score (nSPS) is 26.2. The van der Waals surface area contributed by atoms with Gasteiger partial charge < -0.3 is 25.0 Å². The number of pyridine rings is 1. The maximum Gasteiger partial charge on any atom is 0.230 e. The number of carbonyl (C=O) groups is 1. The van der Waals surface area contributed by atoms with Crippen LogP contribution in [0.1, 0.15) is 51.5 Å². The van der Waals surface area contributed by atoms with Gasteiger partial charge in [0.1, 0.15) is 5.82 Å². The lowest BCUT2D eigenvalue weighted by atomic mass is 9.86. The van der Waals surface area contributed by atoms with Crippen molar-refractivity contribution in [1.29, 1.82) is 0 Å². The van der Waals surface area contributed by atoms with Crippen molar-refractivity contribution in [1.82, 2.24) is 4.98 Å². The Morgan fingerprint density at radius 3 is 2.80 bits per heavy atom. The first-order valence-electron chi connectivity index (χ1n) is 12.8. The number of alkyl halides is 1. The van der Waals surface area contributed by atoms with Crippen molar-refractivity contribution in [3.63, 3.8) is 0 Å². The Balaban J connectivity index is 1.45. The quantitative estimate of drug-likeness (QED) is 0.376. The van der Waals surface area contributed by atoms with Gasteiger partial charge in [0.15, 0.2) is 0 Å². The molecule has 2 N–H and O–H groups in total. The fourth-order valence-electron chi connectivity index (χ4n) is 5.69. The summed E-state index contributed by atoms with van der Waals surface area (Å²) in [5, 5.41) is 13.4. The summed E-state index contributed by atoms with van der Waals surface area (Å²) in [5.41, 5.74) is 3.84. The first kappa shape index (κ1) is 24.8. The van der Waals surface area contributed by atoms with Gasteiger partial charge in [-0.15, -0.1) is 0 Å². The second kappa shape index (κ2) is 10.6. The SMILES string of the molecule is CC(C)OC1CCC(C(=O)N2Cc3cccnc3Nc3ccc(N4C[C@@H](I)C[C@H]4CO)cc32)CC1. The van der Waals surface area contributed by atoms with Crippen LogP contribution in [0.25, 0.3) is 0 Å². The van der Waals surface area contributed by atoms with Gasteiger partial charge in [0, 0.05) is 33.8 Å². The van der Waals surface area contributed by atoms with Gasteiger partial charge in [-0.2, -0.15) is 0 Å². The predicted octanol–water partition coefficient (Wildman–Crippen LogP) is 5.03. The Labute approximate surface area is 221 Å². The third-order valence-electron chi connectivity index (χ3n) is 7.40. The molecule has 3 heterocycles. The van der Waals surface area contributed by atoms with E-state index in [4.69, 9.17) is 4.74 Å². The zero-order chi connectivity index (χ0) is 24.5. The number of aromatic nitrogens is 1. The molecule has 2 atom stereocenters. The number of fused-ring (bicyclic) bond motifs is 2. The largest absolute Gasteiger partial charge is 0.394 e. The predicted molar refractivity (Wildman–Crippen MR) is 148 cm³/mol. The van der Waals surface area contributed by atoms with E-state index < -0.39 is 0 Å². The van der Waals surface area contributed by atoms with E-state index in [2.05, 4.69) is 69.8 Å². The zero-order valence-electron chi connectivity index (χ0n) is 20.5. The van der Waals surface area contributed by atoms with Gasteiger partial charge in [0.25, 0.3) is 0 Å². The molecule has 35 heavy (non-hydrogen) atoms. The summed E-state index contributed by atoms with van der Waals surface area (Å²) in [6.07, 6.45) is 6.77. The molecule has 3 aliphatic rings. The molecule has 1 amide bonds. The van der Waals surface area contributed by atoms with E-state index in [9.17, 15) is 9.90 Å². The zero-order valence-corrected chi connectivity index (χ0v) is 22.6. The molecule has 0 bridgehead atoms. The smallest absolute Gasteiger partial charge is 0.230 e. The molecular weight excluding hydrogens is 555 g/mol. The lowest BCUT2D eigenvalue weighted by molar-refractivity contribution is -0.124. The number of hydrogen-bond donors (Lipinski definition) is 2. The number of aliphatic hydroxyl groups is 1. The minimum atomic E-state index is -0.00700. The number of aliphatic hydroxyl groups excluding tert-OH is 1. The summed E-state index contributed by atoms with van der Waals surface area (Å²) in [7, 11) is 0. The maximum absolute atomic E-state index is 14.0. The summed E-state index contributed by atoms with van der Waals surface area (Å²) in [6.45, 7) is 5.67. The highest BCUT2D eigenvalue weighted by Crippen LogP contribution is 2.41. The van der Waals surface area contributed by atoms with Gasteiger partial charge in [-0.05, 0) is 70.2 Å². The second-order valence-electron chi connectivity index (χ2n) is 10.2. The third-order valence-corrected chi connectivity index (χ3v) is 8.31. The van der Waals surface area contributed by atoms with Gasteiger partial charge >= 0.3 is 0 Å². The number of halogens is 1. The van der Waals surface area contributed by atoms with E-state index >= 15 is 0 Å². The molecule has 1 aliphatic carbocycles. The Kier molecular flexibility index (Phi) is 7.50. The number of hydrogen-bond acceptors (Lipinski definition) is 6. The summed E-state index contributed by atoms with van der Waals surface area (Å²) >= 11 is 2.47. The van der Waals surface area contributed by atoms with Crippen LogP contribution in [0.4, 0.5) is 22.9 Å². The minimum Gasteiger partial charge on any atom is -0.394 e. The second-order valence-corrected chi connectivity index (χ2v) is 12.0. The standard InChI is InChI=1S/C27H35IN4O3/c1-17(2)35-23-8-5-18(6-9-23)27(34)32-14-19-4-3-11-29-26(19)30-24-10-7-21(13-25(24)32)31-15-20(28)12-22(31)16-33/h3-4,7,10-11,13,17-18,20,22-23,33H,5-6,8-9,12,14-16H2,1-2H3,(H,29,30)/t18?,20-,22-,23?/m0/s1. The van der Waals surface area contributed by atoms with Crippen molar-refractivity contribution in [2.45, 2.75) is 74.7 Å². The van der Waals surface area contributed by atoms with Gasteiger partial charge in [-0.25, -0.2) is 4.98 Å². The number of rotatable bonds is 5. The Hall–Kier alpha value is -1.91. The third kappa shape index (κ3) is 5.29. The molecule has 0 spiro atoms. The van der Waals surface area contributed by atoms with Gasteiger partial charge in [-0.3, -0.25) is 4.79 Å². The molecule has 2 aromatic rings. The highest BCUT2D eigenvalue weighted by Gasteiger charge is 2.35. The average molecular weight is 591 g/mol. The van der Waals surface area contributed by atoms with Crippen LogP contribution in [0.3, 0.4) is 0 Å². The van der Waals surface area contributed by atoms with Crippen molar-refractivity contribution in [2.75, 3.05) is 28.3 Å². The fourth-order valence-corrected chi connectivity index (χ4v) is 6.70. The molecule has 8 heteroatoms. The molecular formula is C27H35IN4O3. The molecule has 0 unspecified atom stereocenters. The van der Waals surface area contributed by atoms with Crippen LogP contribution in [-0.2, 0) is 16.1 Å². The summed E-state index contributed by atoms with van der Waals surface area (Å²) in [6, 6.07) is 10.3. The summed E-state index contributed by atoms with van der Waals surface area (Å²) < 4.78 is 6.52. The highest BCUT2D eigenvalue weighted by atomic mass is 127. The molecule has 1 saturated heterocycles. The van der Waals surface area contributed by atoms with E-state index in [1.165, 1.54) is 0 Å². The van der Waals surface area contributed by atoms with E-state index in [1.807, 2.05) is 17.0 Å². The lowest BCUT2D eigenvalue weighted by Gasteiger charge is -2.33. The van der Waals surface area contributed by atoms with Crippen LogP contribution in [-0.4, -0.2) is 51.3 Å². The van der Waals surface area contributed by atoms with Crippen molar-refractivity contribution < 1.29 is 14.6 Å². The van der Waals surface area contributed by atoms with Gasteiger partial charge in [0.2, 0.25) is 5.91 Å². The first-order valence-corrected chi connectivity index (χ1v) is 14.0. The molecule has 7 nitrogen and oxygen atoms in total. The molecule has 5 rings (SSSR count). The van der Waals surface area contributed by atoms with Crippen molar-refractivity contribution in [3.05, 3.63) is 42.1 Å². The summed E-state index contributed by atoms with van der Waals surface area (Å²) in [5.74, 6) is 0.969. The average Bonchev–Trinajstić information content (AvgIpc) is 3.15.